The third-order valence-corrected chi connectivity index (χ3v) is 6.37. The minimum Gasteiger partial charge on any atom is -0.465 e. The first-order valence-electron chi connectivity index (χ1n) is 9.89. The molecule has 7 nitrogen and oxygen atoms in total. The van der Waals surface area contributed by atoms with Crippen LogP contribution in [0.2, 0.25) is 0 Å². The zero-order valence-electron chi connectivity index (χ0n) is 17.8. The van der Waals surface area contributed by atoms with Crippen LogP contribution in [-0.2, 0) is 15.3 Å². The minimum atomic E-state index is -0.411. The molecule has 10 heteroatoms. The highest BCUT2D eigenvalue weighted by molar-refractivity contribution is 8.00. The van der Waals surface area contributed by atoms with E-state index in [1.165, 1.54) is 35.7 Å². The van der Waals surface area contributed by atoms with Gasteiger partial charge in [-0.05, 0) is 57.5 Å². The van der Waals surface area contributed by atoms with Gasteiger partial charge in [-0.3, -0.25) is 9.36 Å². The Kier molecular flexibility index (Phi) is 8.03. The summed E-state index contributed by atoms with van der Waals surface area (Å²) >= 11 is 2.74. The van der Waals surface area contributed by atoms with Gasteiger partial charge in [0.1, 0.15) is 16.9 Å². The van der Waals surface area contributed by atoms with Gasteiger partial charge in [-0.25, -0.2) is 14.4 Å². The second-order valence-electron chi connectivity index (χ2n) is 6.70. The highest BCUT2D eigenvalue weighted by Gasteiger charge is 2.24. The molecule has 0 bridgehead atoms. The van der Waals surface area contributed by atoms with Crippen LogP contribution in [0.3, 0.4) is 0 Å². The Bertz CT molecular complexity index is 1020. The first-order valence-corrected chi connectivity index (χ1v) is 11.8. The van der Waals surface area contributed by atoms with Gasteiger partial charge in [0.05, 0.1) is 12.4 Å². The topological polar surface area (TPSA) is 82.8 Å². The van der Waals surface area contributed by atoms with Crippen molar-refractivity contribution in [2.45, 2.75) is 55.4 Å². The number of carbonyl (C=O) groups excluding carboxylic acids is 1. The number of nitrogens with zero attached hydrogens (tertiary/aromatic N) is 5. The summed E-state index contributed by atoms with van der Waals surface area (Å²) in [6.07, 6.45) is 0.584. The first kappa shape index (κ1) is 23.2. The number of aryl methyl sites for hydroxylation is 2. The van der Waals surface area contributed by atoms with Crippen LogP contribution in [0.15, 0.2) is 40.6 Å². The summed E-state index contributed by atoms with van der Waals surface area (Å²) in [5, 5.41) is 9.44. The second kappa shape index (κ2) is 10.7. The van der Waals surface area contributed by atoms with Crippen molar-refractivity contribution < 1.29 is 13.9 Å². The molecule has 31 heavy (non-hydrogen) atoms. The second-order valence-corrected chi connectivity index (χ2v) is 8.81. The van der Waals surface area contributed by atoms with Crippen LogP contribution in [0.25, 0.3) is 5.69 Å². The summed E-state index contributed by atoms with van der Waals surface area (Å²) in [4.78, 5) is 21.2. The Labute approximate surface area is 189 Å². The smallest absolute Gasteiger partial charge is 0.319 e. The molecule has 0 fully saturated rings. The molecule has 164 valence electrons. The van der Waals surface area contributed by atoms with Crippen LogP contribution in [0.1, 0.15) is 37.5 Å². The van der Waals surface area contributed by atoms with Crippen LogP contribution in [0.5, 0.6) is 0 Å². The number of thioether (sulfide) groups is 2. The molecule has 2 heterocycles. The van der Waals surface area contributed by atoms with E-state index in [0.29, 0.717) is 40.6 Å². The standard InChI is InChI=1S/C21H24FN5O2S2/c1-5-17(19(28)29-6-2)31-21-26-25-18(27(21)16-9-7-15(22)8-10-16)12-30-20-23-13(3)11-14(4)24-20/h7-11,17H,5-6,12H2,1-4H3/t17-/m1/s1. The third kappa shape index (κ3) is 6.04. The number of esters is 1. The van der Waals surface area contributed by atoms with Crippen molar-refractivity contribution in [2.75, 3.05) is 6.61 Å². The van der Waals surface area contributed by atoms with Gasteiger partial charge in [0, 0.05) is 17.1 Å². The van der Waals surface area contributed by atoms with Crippen molar-refractivity contribution in [3.63, 3.8) is 0 Å². The number of carbonyl (C=O) groups is 1. The van der Waals surface area contributed by atoms with Gasteiger partial charge in [0.15, 0.2) is 10.3 Å². The predicted octanol–water partition coefficient (Wildman–Crippen LogP) is 4.54. The normalized spacial score (nSPS) is 12.0. The summed E-state index contributed by atoms with van der Waals surface area (Å²) < 4.78 is 20.5. The average Bonchev–Trinajstić information content (AvgIpc) is 3.13. The maximum atomic E-state index is 13.5. The molecule has 1 atom stereocenters. The lowest BCUT2D eigenvalue weighted by Gasteiger charge is -2.14. The number of rotatable bonds is 9. The molecule has 0 spiro atoms. The van der Waals surface area contributed by atoms with Gasteiger partial charge in [-0.15, -0.1) is 10.2 Å². The zero-order chi connectivity index (χ0) is 22.4. The van der Waals surface area contributed by atoms with Gasteiger partial charge in [0.2, 0.25) is 0 Å². The van der Waals surface area contributed by atoms with E-state index >= 15 is 0 Å². The molecule has 3 aromatic rings. The molecule has 0 N–H and O–H groups in total. The fourth-order valence-electron chi connectivity index (χ4n) is 2.87. The Hall–Kier alpha value is -2.46. The van der Waals surface area contributed by atoms with Gasteiger partial charge in [-0.2, -0.15) is 0 Å². The van der Waals surface area contributed by atoms with Crippen LogP contribution in [0, 0.1) is 19.7 Å². The number of aromatic nitrogens is 5. The van der Waals surface area contributed by atoms with Gasteiger partial charge in [-0.1, -0.05) is 30.4 Å². The molecule has 0 aliphatic rings. The SMILES string of the molecule is CCOC(=O)[C@@H](CC)Sc1nnc(CSc2nc(C)cc(C)n2)n1-c1ccc(F)cc1. The lowest BCUT2D eigenvalue weighted by Crippen LogP contribution is -2.20. The molecule has 3 rings (SSSR count). The Morgan fingerprint density at radius 3 is 2.42 bits per heavy atom. The van der Waals surface area contributed by atoms with E-state index < -0.39 is 5.25 Å². The van der Waals surface area contributed by atoms with E-state index in [-0.39, 0.29) is 11.8 Å². The van der Waals surface area contributed by atoms with Crippen molar-refractivity contribution in [1.29, 1.82) is 0 Å². The number of benzene rings is 1. The number of hydrogen-bond donors (Lipinski definition) is 0. The first-order chi connectivity index (χ1) is 14.9. The Morgan fingerprint density at radius 1 is 1.13 bits per heavy atom. The van der Waals surface area contributed by atoms with Crippen LogP contribution in [-0.4, -0.2) is 42.6 Å². The molecular weight excluding hydrogens is 437 g/mol. The monoisotopic (exact) mass is 461 g/mol. The van der Waals surface area contributed by atoms with Gasteiger partial charge < -0.3 is 4.74 Å². The Morgan fingerprint density at radius 2 is 1.81 bits per heavy atom. The van der Waals surface area contributed by atoms with Crippen LogP contribution >= 0.6 is 23.5 Å². The van der Waals surface area contributed by atoms with Crippen molar-refractivity contribution in [2.24, 2.45) is 0 Å². The summed E-state index contributed by atoms with van der Waals surface area (Å²) in [6, 6.07) is 8.01. The maximum absolute atomic E-state index is 13.5. The van der Waals surface area contributed by atoms with Crippen molar-refractivity contribution >= 4 is 29.5 Å². The molecule has 0 aliphatic carbocycles. The molecule has 0 unspecified atom stereocenters. The van der Waals surface area contributed by atoms with E-state index in [4.69, 9.17) is 4.74 Å². The zero-order valence-corrected chi connectivity index (χ0v) is 19.5. The summed E-state index contributed by atoms with van der Waals surface area (Å²) in [7, 11) is 0. The van der Waals surface area contributed by atoms with E-state index in [9.17, 15) is 9.18 Å². The van der Waals surface area contributed by atoms with Crippen LogP contribution in [0.4, 0.5) is 4.39 Å². The maximum Gasteiger partial charge on any atom is 0.319 e. The van der Waals surface area contributed by atoms with Crippen LogP contribution < -0.4 is 0 Å². The van der Waals surface area contributed by atoms with E-state index in [2.05, 4.69) is 20.2 Å². The third-order valence-electron chi connectivity index (χ3n) is 4.25. The molecule has 1 aromatic carbocycles. The van der Waals surface area contributed by atoms with Gasteiger partial charge in [0.25, 0.3) is 0 Å². The molecule has 0 radical (unpaired) electrons. The van der Waals surface area contributed by atoms with E-state index in [1.807, 2.05) is 31.4 Å². The largest absolute Gasteiger partial charge is 0.465 e. The number of halogens is 1. The number of ether oxygens (including phenoxy) is 1. The fourth-order valence-corrected chi connectivity index (χ4v) is 4.72. The molecule has 0 amide bonds. The van der Waals surface area contributed by atoms with E-state index in [0.717, 1.165) is 11.4 Å². The van der Waals surface area contributed by atoms with Crippen molar-refractivity contribution in [3.8, 4) is 5.69 Å². The van der Waals surface area contributed by atoms with Crippen molar-refractivity contribution in [3.05, 3.63) is 53.4 Å². The Balaban J connectivity index is 1.91. The quantitative estimate of drug-likeness (QED) is 0.261. The molecule has 0 saturated carbocycles. The highest BCUT2D eigenvalue weighted by Crippen LogP contribution is 2.30. The molecule has 2 aromatic heterocycles. The molecule has 0 saturated heterocycles. The average molecular weight is 462 g/mol. The van der Waals surface area contributed by atoms with E-state index in [1.54, 1.807) is 19.1 Å². The number of hydrogen-bond acceptors (Lipinski definition) is 8. The minimum absolute atomic E-state index is 0.289. The molecule has 0 aliphatic heterocycles. The lowest BCUT2D eigenvalue weighted by atomic mass is 10.3. The summed E-state index contributed by atoms with van der Waals surface area (Å²) in [6.45, 7) is 7.87. The highest BCUT2D eigenvalue weighted by atomic mass is 32.2. The fraction of sp³-hybridized carbons (Fsp3) is 0.381. The van der Waals surface area contributed by atoms with Gasteiger partial charge >= 0.3 is 5.97 Å². The summed E-state index contributed by atoms with van der Waals surface area (Å²) in [5.41, 5.74) is 2.50. The summed E-state index contributed by atoms with van der Waals surface area (Å²) in [5.74, 6) is 0.497. The predicted molar refractivity (Wildman–Crippen MR) is 119 cm³/mol. The van der Waals surface area contributed by atoms with Crippen molar-refractivity contribution in [1.82, 2.24) is 24.7 Å². The lowest BCUT2D eigenvalue weighted by molar-refractivity contribution is -0.142. The molecular formula is C21H24FN5O2S2.